The van der Waals surface area contributed by atoms with Gasteiger partial charge in [-0.25, -0.2) is 17.2 Å². The second-order valence-corrected chi connectivity index (χ2v) is 10.4. The van der Waals surface area contributed by atoms with E-state index in [0.717, 1.165) is 33.1 Å². The molecule has 178 valence electrons. The summed E-state index contributed by atoms with van der Waals surface area (Å²) >= 11 is 0. The fraction of sp³-hybridized carbons (Fsp3) is 0.269. The average molecular weight is 485 g/mol. The molecule has 0 bridgehead atoms. The minimum Gasteiger partial charge on any atom is -0.345 e. The van der Waals surface area contributed by atoms with Crippen LogP contribution in [0.4, 0.5) is 8.78 Å². The number of hydrogen-bond donors (Lipinski definition) is 1. The maximum absolute atomic E-state index is 14.1. The number of nitrogens with zero attached hydrogens (tertiary/aromatic N) is 1. The quantitative estimate of drug-likeness (QED) is 0.557. The molecular formula is C26H26F2N2O3S. The molecule has 0 saturated carbocycles. The van der Waals surface area contributed by atoms with Gasteiger partial charge in [-0.15, -0.1) is 0 Å². The molecular weight excluding hydrogens is 458 g/mol. The summed E-state index contributed by atoms with van der Waals surface area (Å²) < 4.78 is 54.4. The van der Waals surface area contributed by atoms with E-state index in [-0.39, 0.29) is 43.8 Å². The minimum atomic E-state index is -4.19. The van der Waals surface area contributed by atoms with Gasteiger partial charge in [-0.05, 0) is 49.1 Å². The molecule has 3 aromatic rings. The van der Waals surface area contributed by atoms with E-state index >= 15 is 0 Å². The van der Waals surface area contributed by atoms with Gasteiger partial charge in [0.2, 0.25) is 15.9 Å². The molecule has 8 heteroatoms. The Hall–Kier alpha value is -3.10. The summed E-state index contributed by atoms with van der Waals surface area (Å²) in [4.78, 5) is 12.5. The molecule has 1 unspecified atom stereocenters. The summed E-state index contributed by atoms with van der Waals surface area (Å²) in [5.74, 6) is -2.37. The summed E-state index contributed by atoms with van der Waals surface area (Å²) in [5, 5.41) is 3.12. The van der Waals surface area contributed by atoms with Gasteiger partial charge in [0.15, 0.2) is 0 Å². The Morgan fingerprint density at radius 1 is 0.941 bits per heavy atom. The first-order valence-electron chi connectivity index (χ1n) is 11.1. The van der Waals surface area contributed by atoms with Crippen LogP contribution in [0.1, 0.15) is 35.6 Å². The number of piperidine rings is 1. The number of nitrogens with one attached hydrogen (secondary N) is 1. The highest BCUT2D eigenvalue weighted by molar-refractivity contribution is 7.89. The fourth-order valence-corrected chi connectivity index (χ4v) is 5.74. The average Bonchev–Trinajstić information content (AvgIpc) is 2.85. The molecule has 1 aliphatic rings. The third kappa shape index (κ3) is 5.18. The zero-order chi connectivity index (χ0) is 24.3. The van der Waals surface area contributed by atoms with Gasteiger partial charge in [-0.2, -0.15) is 4.31 Å². The maximum Gasteiger partial charge on any atom is 0.246 e. The normalized spacial score (nSPS) is 16.2. The molecule has 0 aromatic heterocycles. The number of carbonyl (C=O) groups excluding carboxylic acids is 1. The van der Waals surface area contributed by atoms with Gasteiger partial charge in [0.25, 0.3) is 0 Å². The Balaban J connectivity index is 1.47. The molecule has 1 atom stereocenters. The lowest BCUT2D eigenvalue weighted by Crippen LogP contribution is -2.44. The first-order chi connectivity index (χ1) is 16.3. The first-order valence-corrected chi connectivity index (χ1v) is 12.6. The Morgan fingerprint density at radius 2 is 1.56 bits per heavy atom. The summed E-state index contributed by atoms with van der Waals surface area (Å²) in [6.45, 7) is 2.10. The standard InChI is InChI=1S/C26H26F2N2O3S/c1-18-7-9-20(10-8-18)25(19-5-3-2-4-6-19)29-26(31)21-13-15-30(16-14-21)34(32,33)24-17-22(27)11-12-23(24)28/h2-12,17,21,25H,13-16H2,1H3,(H,29,31). The lowest BCUT2D eigenvalue weighted by Gasteiger charge is -2.31. The van der Waals surface area contributed by atoms with E-state index < -0.39 is 26.6 Å². The van der Waals surface area contributed by atoms with Gasteiger partial charge in [0, 0.05) is 19.0 Å². The molecule has 5 nitrogen and oxygen atoms in total. The number of rotatable bonds is 6. The van der Waals surface area contributed by atoms with Crippen LogP contribution in [-0.2, 0) is 14.8 Å². The Labute approximate surface area is 198 Å². The minimum absolute atomic E-state index is 0.0525. The van der Waals surface area contributed by atoms with E-state index in [9.17, 15) is 22.0 Å². The van der Waals surface area contributed by atoms with E-state index in [1.54, 1.807) is 0 Å². The van der Waals surface area contributed by atoms with Crippen molar-refractivity contribution < 1.29 is 22.0 Å². The van der Waals surface area contributed by atoms with Gasteiger partial charge in [0.1, 0.15) is 16.5 Å². The SMILES string of the molecule is Cc1ccc(C(NC(=O)C2CCN(S(=O)(=O)c3cc(F)ccc3F)CC2)c2ccccc2)cc1. The van der Waals surface area contributed by atoms with Crippen LogP contribution in [0.15, 0.2) is 77.7 Å². The van der Waals surface area contributed by atoms with Crippen LogP contribution < -0.4 is 5.32 Å². The second-order valence-electron chi connectivity index (χ2n) is 8.52. The summed E-state index contributed by atoms with van der Waals surface area (Å²) in [6.07, 6.45) is 0.578. The van der Waals surface area contributed by atoms with Crippen LogP contribution in [0.25, 0.3) is 0 Å². The highest BCUT2D eigenvalue weighted by atomic mass is 32.2. The van der Waals surface area contributed by atoms with Crippen LogP contribution in [0.5, 0.6) is 0 Å². The predicted octanol–water partition coefficient (Wildman–Crippen LogP) is 4.58. The van der Waals surface area contributed by atoms with E-state index in [1.165, 1.54) is 0 Å². The van der Waals surface area contributed by atoms with Crippen molar-refractivity contribution in [2.45, 2.75) is 30.7 Å². The Bertz CT molecular complexity index is 1260. The van der Waals surface area contributed by atoms with Gasteiger partial charge in [-0.3, -0.25) is 4.79 Å². The maximum atomic E-state index is 14.1. The molecule has 0 spiro atoms. The lowest BCUT2D eigenvalue weighted by atomic mass is 9.94. The van der Waals surface area contributed by atoms with E-state index in [1.807, 2.05) is 61.5 Å². The third-order valence-corrected chi connectivity index (χ3v) is 8.08. The molecule has 4 rings (SSSR count). The molecule has 1 amide bonds. The van der Waals surface area contributed by atoms with Gasteiger partial charge in [0.05, 0.1) is 6.04 Å². The number of sulfonamides is 1. The summed E-state index contributed by atoms with van der Waals surface area (Å²) in [6, 6.07) is 19.6. The van der Waals surface area contributed by atoms with Crippen molar-refractivity contribution in [1.29, 1.82) is 0 Å². The van der Waals surface area contributed by atoms with E-state index in [0.29, 0.717) is 6.07 Å². The molecule has 1 saturated heterocycles. The van der Waals surface area contributed by atoms with Crippen molar-refractivity contribution in [1.82, 2.24) is 9.62 Å². The van der Waals surface area contributed by atoms with Gasteiger partial charge in [-0.1, -0.05) is 60.2 Å². The number of amides is 1. The number of halogens is 2. The van der Waals surface area contributed by atoms with Crippen molar-refractivity contribution >= 4 is 15.9 Å². The van der Waals surface area contributed by atoms with Crippen molar-refractivity contribution in [3.63, 3.8) is 0 Å². The Morgan fingerprint density at radius 3 is 2.21 bits per heavy atom. The topological polar surface area (TPSA) is 66.5 Å². The summed E-state index contributed by atoms with van der Waals surface area (Å²) in [5.41, 5.74) is 3.01. The lowest BCUT2D eigenvalue weighted by molar-refractivity contribution is -0.126. The van der Waals surface area contributed by atoms with Crippen molar-refractivity contribution in [2.75, 3.05) is 13.1 Å². The van der Waals surface area contributed by atoms with E-state index in [2.05, 4.69) is 5.32 Å². The van der Waals surface area contributed by atoms with Crippen molar-refractivity contribution in [3.05, 3.63) is 101 Å². The van der Waals surface area contributed by atoms with Crippen LogP contribution in [-0.4, -0.2) is 31.7 Å². The van der Waals surface area contributed by atoms with Crippen LogP contribution in [0.2, 0.25) is 0 Å². The Kier molecular flexibility index (Phi) is 7.09. The second kappa shape index (κ2) is 10.0. The molecule has 1 aliphatic heterocycles. The highest BCUT2D eigenvalue weighted by Gasteiger charge is 2.34. The zero-order valence-corrected chi connectivity index (χ0v) is 19.6. The number of aryl methyl sites for hydroxylation is 1. The van der Waals surface area contributed by atoms with Gasteiger partial charge < -0.3 is 5.32 Å². The number of benzene rings is 3. The van der Waals surface area contributed by atoms with E-state index in [4.69, 9.17) is 0 Å². The van der Waals surface area contributed by atoms with Gasteiger partial charge >= 0.3 is 0 Å². The summed E-state index contributed by atoms with van der Waals surface area (Å²) in [7, 11) is -4.19. The fourth-order valence-electron chi connectivity index (χ4n) is 4.20. The monoisotopic (exact) mass is 484 g/mol. The van der Waals surface area contributed by atoms with Crippen LogP contribution in [0, 0.1) is 24.5 Å². The first kappa shape index (κ1) is 24.0. The molecule has 1 heterocycles. The highest BCUT2D eigenvalue weighted by Crippen LogP contribution is 2.28. The largest absolute Gasteiger partial charge is 0.345 e. The third-order valence-electron chi connectivity index (χ3n) is 6.17. The molecule has 1 fully saturated rings. The molecule has 3 aromatic carbocycles. The van der Waals surface area contributed by atoms with Crippen molar-refractivity contribution in [2.24, 2.45) is 5.92 Å². The predicted molar refractivity (Wildman–Crippen MR) is 125 cm³/mol. The van der Waals surface area contributed by atoms with Crippen LogP contribution >= 0.6 is 0 Å². The molecule has 1 N–H and O–H groups in total. The zero-order valence-electron chi connectivity index (χ0n) is 18.7. The smallest absolute Gasteiger partial charge is 0.246 e. The van der Waals surface area contributed by atoms with Crippen LogP contribution in [0.3, 0.4) is 0 Å². The number of hydrogen-bond acceptors (Lipinski definition) is 3. The molecule has 0 radical (unpaired) electrons. The molecule has 0 aliphatic carbocycles. The molecule has 34 heavy (non-hydrogen) atoms. The number of carbonyl (C=O) groups is 1. The van der Waals surface area contributed by atoms with Crippen molar-refractivity contribution in [3.8, 4) is 0 Å².